The fourth-order valence-corrected chi connectivity index (χ4v) is 1.46. The maximum Gasteiger partial charge on any atom is 0.315 e. The first-order chi connectivity index (χ1) is 9.00. The number of pyridine rings is 1. The van der Waals surface area contributed by atoms with Gasteiger partial charge in [0.05, 0.1) is 5.92 Å². The summed E-state index contributed by atoms with van der Waals surface area (Å²) in [5.41, 5.74) is 2.02. The highest BCUT2D eigenvalue weighted by Crippen LogP contribution is 2.04. The molecular formula is C13H19N3O3. The van der Waals surface area contributed by atoms with Crippen LogP contribution in [0.15, 0.2) is 18.5 Å². The number of carboxylic acid groups (broad SMARTS) is 1. The van der Waals surface area contributed by atoms with Crippen LogP contribution in [-0.2, 0) is 11.3 Å². The number of hydrogen-bond acceptors (Lipinski definition) is 3. The number of aryl methyl sites for hydroxylation is 1. The number of nitrogens with zero attached hydrogens (tertiary/aromatic N) is 1. The number of rotatable bonds is 6. The van der Waals surface area contributed by atoms with E-state index in [1.165, 1.54) is 0 Å². The molecule has 0 aliphatic heterocycles. The lowest BCUT2D eigenvalue weighted by molar-refractivity contribution is -0.141. The lowest BCUT2D eigenvalue weighted by Crippen LogP contribution is -2.36. The quantitative estimate of drug-likeness (QED) is 0.723. The van der Waals surface area contributed by atoms with Gasteiger partial charge in [-0.15, -0.1) is 0 Å². The molecule has 0 aliphatic carbocycles. The molecule has 0 aromatic carbocycles. The third kappa shape index (κ3) is 5.37. The Morgan fingerprint density at radius 2 is 2.16 bits per heavy atom. The molecule has 6 nitrogen and oxygen atoms in total. The Bertz CT molecular complexity index is 449. The van der Waals surface area contributed by atoms with Crippen molar-refractivity contribution in [3.63, 3.8) is 0 Å². The molecule has 1 rings (SSSR count). The van der Waals surface area contributed by atoms with Crippen LogP contribution in [0.4, 0.5) is 4.79 Å². The van der Waals surface area contributed by atoms with Crippen molar-refractivity contribution in [3.05, 3.63) is 29.6 Å². The normalized spacial score (nSPS) is 11.7. The van der Waals surface area contributed by atoms with Crippen molar-refractivity contribution in [2.75, 3.05) is 6.54 Å². The van der Waals surface area contributed by atoms with Gasteiger partial charge in [0.2, 0.25) is 0 Å². The maximum absolute atomic E-state index is 11.5. The van der Waals surface area contributed by atoms with Crippen LogP contribution in [0.3, 0.4) is 0 Å². The highest BCUT2D eigenvalue weighted by atomic mass is 16.4. The van der Waals surface area contributed by atoms with Gasteiger partial charge in [0.1, 0.15) is 0 Å². The second kappa shape index (κ2) is 7.35. The van der Waals surface area contributed by atoms with Crippen LogP contribution >= 0.6 is 0 Å². The van der Waals surface area contributed by atoms with E-state index in [-0.39, 0.29) is 6.03 Å². The Balaban J connectivity index is 2.25. The number of aromatic nitrogens is 1. The Morgan fingerprint density at radius 3 is 2.79 bits per heavy atom. The Kier molecular flexibility index (Phi) is 5.78. The van der Waals surface area contributed by atoms with Crippen molar-refractivity contribution >= 4 is 12.0 Å². The molecule has 1 unspecified atom stereocenters. The maximum atomic E-state index is 11.5. The van der Waals surface area contributed by atoms with E-state index < -0.39 is 11.9 Å². The van der Waals surface area contributed by atoms with E-state index in [1.807, 2.05) is 13.0 Å². The number of urea groups is 1. The molecule has 0 saturated carbocycles. The molecule has 0 saturated heterocycles. The van der Waals surface area contributed by atoms with Crippen molar-refractivity contribution in [1.29, 1.82) is 0 Å². The molecule has 3 N–H and O–H groups in total. The van der Waals surface area contributed by atoms with Gasteiger partial charge < -0.3 is 15.7 Å². The van der Waals surface area contributed by atoms with E-state index in [0.717, 1.165) is 11.1 Å². The van der Waals surface area contributed by atoms with Crippen LogP contribution in [-0.4, -0.2) is 28.6 Å². The van der Waals surface area contributed by atoms with E-state index in [0.29, 0.717) is 19.5 Å². The summed E-state index contributed by atoms with van der Waals surface area (Å²) in [7, 11) is 0. The third-order valence-corrected chi connectivity index (χ3v) is 2.86. The number of hydrogen-bond donors (Lipinski definition) is 3. The number of carbonyl (C=O) groups is 2. The van der Waals surface area contributed by atoms with E-state index >= 15 is 0 Å². The van der Waals surface area contributed by atoms with Crippen molar-refractivity contribution in [2.24, 2.45) is 5.92 Å². The second-order valence-electron chi connectivity index (χ2n) is 4.44. The molecule has 2 amide bonds. The lowest BCUT2D eigenvalue weighted by Gasteiger charge is -2.10. The first kappa shape index (κ1) is 14.9. The summed E-state index contributed by atoms with van der Waals surface area (Å²) in [4.78, 5) is 26.1. The molecule has 19 heavy (non-hydrogen) atoms. The number of amides is 2. The van der Waals surface area contributed by atoms with Gasteiger partial charge >= 0.3 is 12.0 Å². The second-order valence-corrected chi connectivity index (χ2v) is 4.44. The topological polar surface area (TPSA) is 91.3 Å². The smallest absolute Gasteiger partial charge is 0.315 e. The molecule has 6 heteroatoms. The summed E-state index contributed by atoms with van der Waals surface area (Å²) in [6, 6.07) is 1.55. The summed E-state index contributed by atoms with van der Waals surface area (Å²) in [6.45, 7) is 4.31. The summed E-state index contributed by atoms with van der Waals surface area (Å²) in [5, 5.41) is 14.0. The van der Waals surface area contributed by atoms with E-state index in [2.05, 4.69) is 15.6 Å². The SMILES string of the molecule is Cc1cnccc1CNC(=O)NCCC(C)C(=O)O. The van der Waals surface area contributed by atoms with Crippen molar-refractivity contribution in [2.45, 2.75) is 26.8 Å². The molecule has 0 spiro atoms. The van der Waals surface area contributed by atoms with Gasteiger partial charge in [-0.25, -0.2) is 4.79 Å². The molecule has 1 heterocycles. The minimum atomic E-state index is -0.852. The molecule has 1 aromatic rings. The molecule has 0 bridgehead atoms. The largest absolute Gasteiger partial charge is 0.481 e. The predicted octanol–water partition coefficient (Wildman–Crippen LogP) is 1.30. The molecule has 1 aromatic heterocycles. The first-order valence-electron chi connectivity index (χ1n) is 6.14. The molecule has 0 aliphatic rings. The third-order valence-electron chi connectivity index (χ3n) is 2.86. The van der Waals surface area contributed by atoms with Gasteiger partial charge in [0.15, 0.2) is 0 Å². The average Bonchev–Trinajstić information content (AvgIpc) is 2.37. The number of carboxylic acids is 1. The first-order valence-corrected chi connectivity index (χ1v) is 6.14. The predicted molar refractivity (Wildman–Crippen MR) is 70.6 cm³/mol. The van der Waals surface area contributed by atoms with Gasteiger partial charge in [0, 0.05) is 25.5 Å². The van der Waals surface area contributed by atoms with Gasteiger partial charge in [-0.1, -0.05) is 6.92 Å². The standard InChI is InChI=1S/C13H19N3O3/c1-9(12(17)18)3-6-15-13(19)16-8-11-4-5-14-7-10(11)2/h4-5,7,9H,3,6,8H2,1-2H3,(H,17,18)(H2,15,16,19). The zero-order valence-corrected chi connectivity index (χ0v) is 11.1. The highest BCUT2D eigenvalue weighted by Gasteiger charge is 2.10. The van der Waals surface area contributed by atoms with Crippen LogP contribution in [0.5, 0.6) is 0 Å². The van der Waals surface area contributed by atoms with Gasteiger partial charge in [-0.05, 0) is 30.5 Å². The van der Waals surface area contributed by atoms with Gasteiger partial charge in [0.25, 0.3) is 0 Å². The van der Waals surface area contributed by atoms with Crippen LogP contribution in [0.25, 0.3) is 0 Å². The van der Waals surface area contributed by atoms with Gasteiger partial charge in [-0.3, -0.25) is 9.78 Å². The van der Waals surface area contributed by atoms with Crippen molar-refractivity contribution in [1.82, 2.24) is 15.6 Å². The highest BCUT2D eigenvalue weighted by molar-refractivity contribution is 5.74. The summed E-state index contributed by atoms with van der Waals surface area (Å²) < 4.78 is 0. The Labute approximate surface area is 112 Å². The number of carbonyl (C=O) groups excluding carboxylic acids is 1. The minimum absolute atomic E-state index is 0.297. The summed E-state index contributed by atoms with van der Waals surface area (Å²) >= 11 is 0. The van der Waals surface area contributed by atoms with Crippen molar-refractivity contribution in [3.8, 4) is 0 Å². The fourth-order valence-electron chi connectivity index (χ4n) is 1.46. The van der Waals surface area contributed by atoms with Crippen molar-refractivity contribution < 1.29 is 14.7 Å². The minimum Gasteiger partial charge on any atom is -0.481 e. The zero-order chi connectivity index (χ0) is 14.3. The Hall–Kier alpha value is -2.11. The van der Waals surface area contributed by atoms with E-state index in [9.17, 15) is 9.59 Å². The number of aliphatic carboxylic acids is 1. The van der Waals surface area contributed by atoms with Gasteiger partial charge in [-0.2, -0.15) is 0 Å². The summed E-state index contributed by atoms with van der Waals surface area (Å²) in [5.74, 6) is -1.31. The average molecular weight is 265 g/mol. The lowest BCUT2D eigenvalue weighted by atomic mass is 10.1. The zero-order valence-electron chi connectivity index (χ0n) is 11.1. The van der Waals surface area contributed by atoms with E-state index in [4.69, 9.17) is 5.11 Å². The van der Waals surface area contributed by atoms with Crippen LogP contribution in [0.2, 0.25) is 0 Å². The van der Waals surface area contributed by atoms with Crippen LogP contribution in [0, 0.1) is 12.8 Å². The van der Waals surface area contributed by atoms with E-state index in [1.54, 1.807) is 19.3 Å². The molecule has 0 fully saturated rings. The molecule has 0 radical (unpaired) electrons. The Morgan fingerprint density at radius 1 is 1.42 bits per heavy atom. The summed E-state index contributed by atoms with van der Waals surface area (Å²) in [6.07, 6.45) is 3.83. The molecular weight excluding hydrogens is 246 g/mol. The monoisotopic (exact) mass is 265 g/mol. The molecule has 1 atom stereocenters. The van der Waals surface area contributed by atoms with Crippen LogP contribution in [0.1, 0.15) is 24.5 Å². The fraction of sp³-hybridized carbons (Fsp3) is 0.462. The van der Waals surface area contributed by atoms with Crippen LogP contribution < -0.4 is 10.6 Å². The molecule has 104 valence electrons. The number of nitrogens with one attached hydrogen (secondary N) is 2.